The van der Waals surface area contributed by atoms with E-state index < -0.39 is 15.9 Å². The number of phenolic OH excluding ortho intramolecular Hbond substituents is 1. The Kier molecular flexibility index (Phi) is 6.01. The fourth-order valence-corrected chi connectivity index (χ4v) is 4.62. The summed E-state index contributed by atoms with van der Waals surface area (Å²) < 4.78 is 27.0. The molecule has 148 valence electrons. The lowest BCUT2D eigenvalue weighted by molar-refractivity contribution is 0.0942. The van der Waals surface area contributed by atoms with Gasteiger partial charge in [-0.1, -0.05) is 31.2 Å². The van der Waals surface area contributed by atoms with Crippen molar-refractivity contribution in [3.63, 3.8) is 0 Å². The number of benzene rings is 2. The lowest BCUT2D eigenvalue weighted by Gasteiger charge is -2.26. The number of carbonyl (C=O) groups is 1. The average molecular weight is 401 g/mol. The molecule has 1 fully saturated rings. The predicted octanol–water partition coefficient (Wildman–Crippen LogP) is 2.47. The molecule has 3 N–H and O–H groups in total. The molecule has 1 heterocycles. The van der Waals surface area contributed by atoms with E-state index in [1.165, 1.54) is 28.6 Å². The molecule has 0 atom stereocenters. The van der Waals surface area contributed by atoms with Gasteiger partial charge in [-0.25, -0.2) is 8.42 Å². The number of piperidine rings is 1. The number of amides is 1. The quantitative estimate of drug-likeness (QED) is 0.646. The number of nitrogens with one attached hydrogen (secondary N) is 2. The minimum atomic E-state index is -3.62. The van der Waals surface area contributed by atoms with Crippen molar-refractivity contribution in [2.45, 2.75) is 24.2 Å². The summed E-state index contributed by atoms with van der Waals surface area (Å²) in [6.45, 7) is 4.78. The Labute approximate surface area is 164 Å². The monoisotopic (exact) mass is 401 g/mol. The van der Waals surface area contributed by atoms with Gasteiger partial charge in [-0.3, -0.25) is 15.6 Å². The van der Waals surface area contributed by atoms with E-state index in [9.17, 15) is 18.3 Å². The molecule has 1 saturated heterocycles. The van der Waals surface area contributed by atoms with Crippen molar-refractivity contribution in [1.29, 1.82) is 0 Å². The van der Waals surface area contributed by atoms with Crippen molar-refractivity contribution in [3.8, 4) is 5.75 Å². The summed E-state index contributed by atoms with van der Waals surface area (Å²) in [4.78, 5) is 12.5. The van der Waals surface area contributed by atoms with Gasteiger partial charge in [-0.05, 0) is 43.2 Å². The lowest BCUT2D eigenvalue weighted by Crippen LogP contribution is -2.37. The molecule has 0 bridgehead atoms. The van der Waals surface area contributed by atoms with Crippen LogP contribution in [0, 0.1) is 0 Å². The van der Waals surface area contributed by atoms with Crippen LogP contribution < -0.4 is 10.9 Å². The molecule has 1 aliphatic heterocycles. The van der Waals surface area contributed by atoms with Crippen LogP contribution in [0.5, 0.6) is 5.75 Å². The minimum absolute atomic E-state index is 0.0314. The first-order valence-electron chi connectivity index (χ1n) is 9.03. The molecular weight excluding hydrogens is 378 g/mol. The van der Waals surface area contributed by atoms with Crippen molar-refractivity contribution in [2.75, 3.05) is 13.1 Å². The molecule has 0 radical (unpaired) electrons. The Balaban J connectivity index is 1.70. The van der Waals surface area contributed by atoms with Crippen LogP contribution in [0.3, 0.4) is 0 Å². The van der Waals surface area contributed by atoms with Crippen LogP contribution in [0.1, 0.15) is 35.2 Å². The molecule has 2 aromatic carbocycles. The number of aromatic hydroxyl groups is 1. The van der Waals surface area contributed by atoms with Crippen LogP contribution in [0.2, 0.25) is 0 Å². The first kappa shape index (κ1) is 19.9. The fraction of sp³-hybridized carbons (Fsp3) is 0.250. The van der Waals surface area contributed by atoms with Crippen LogP contribution in [0.25, 0.3) is 5.70 Å². The van der Waals surface area contributed by atoms with Crippen molar-refractivity contribution in [3.05, 3.63) is 66.2 Å². The van der Waals surface area contributed by atoms with Gasteiger partial charge >= 0.3 is 0 Å². The third-order valence-electron chi connectivity index (χ3n) is 4.61. The van der Waals surface area contributed by atoms with E-state index >= 15 is 0 Å². The number of sulfonamides is 1. The standard InChI is InChI=1S/C20H23N3O4S/c1-15(18-10-3-4-11-19(18)24)21-22-20(25)16-8-7-9-17(14-16)28(26,27)23-12-5-2-6-13-23/h3-4,7-11,14,21,24H,1-2,5-6,12-13H2,(H,22,25). The third kappa shape index (κ3) is 4.35. The molecule has 28 heavy (non-hydrogen) atoms. The number of hydrogen-bond donors (Lipinski definition) is 3. The molecule has 0 aromatic heterocycles. The van der Waals surface area contributed by atoms with Gasteiger partial charge in [0.1, 0.15) is 5.75 Å². The van der Waals surface area contributed by atoms with Crippen LogP contribution in [0.15, 0.2) is 60.0 Å². The Bertz CT molecular complexity index is 982. The first-order chi connectivity index (χ1) is 13.4. The van der Waals surface area contributed by atoms with E-state index in [2.05, 4.69) is 17.4 Å². The van der Waals surface area contributed by atoms with Crippen LogP contribution in [-0.2, 0) is 10.0 Å². The van der Waals surface area contributed by atoms with E-state index in [0.717, 1.165) is 19.3 Å². The van der Waals surface area contributed by atoms with Crippen molar-refractivity contribution in [1.82, 2.24) is 15.2 Å². The van der Waals surface area contributed by atoms with Crippen molar-refractivity contribution < 1.29 is 18.3 Å². The van der Waals surface area contributed by atoms with Gasteiger partial charge in [-0.2, -0.15) is 4.31 Å². The number of phenols is 1. The molecule has 8 heteroatoms. The first-order valence-corrected chi connectivity index (χ1v) is 10.5. The highest BCUT2D eigenvalue weighted by Gasteiger charge is 2.26. The summed E-state index contributed by atoms with van der Waals surface area (Å²) in [7, 11) is -3.62. The fourth-order valence-electron chi connectivity index (χ4n) is 3.05. The van der Waals surface area contributed by atoms with Crippen molar-refractivity contribution in [2.24, 2.45) is 0 Å². The number of nitrogens with zero attached hydrogens (tertiary/aromatic N) is 1. The summed E-state index contributed by atoms with van der Waals surface area (Å²) in [5, 5.41) is 9.83. The highest BCUT2D eigenvalue weighted by Crippen LogP contribution is 2.22. The maximum absolute atomic E-state index is 12.8. The van der Waals surface area contributed by atoms with Crippen LogP contribution >= 0.6 is 0 Å². The molecule has 0 saturated carbocycles. The lowest BCUT2D eigenvalue weighted by atomic mass is 10.1. The predicted molar refractivity (Wildman–Crippen MR) is 107 cm³/mol. The maximum Gasteiger partial charge on any atom is 0.269 e. The molecule has 2 aromatic rings. The normalized spacial score (nSPS) is 15.0. The van der Waals surface area contributed by atoms with Gasteiger partial charge in [0.15, 0.2) is 0 Å². The highest BCUT2D eigenvalue weighted by atomic mass is 32.2. The maximum atomic E-state index is 12.8. The van der Waals surface area contributed by atoms with Crippen LogP contribution in [-0.4, -0.2) is 36.8 Å². The second-order valence-corrected chi connectivity index (χ2v) is 8.51. The summed E-state index contributed by atoms with van der Waals surface area (Å²) in [5.41, 5.74) is 6.08. The number of hydrogen-bond acceptors (Lipinski definition) is 5. The van der Waals surface area contributed by atoms with E-state index in [1.807, 2.05) is 0 Å². The summed E-state index contributed by atoms with van der Waals surface area (Å²) >= 11 is 0. The van der Waals surface area contributed by atoms with Gasteiger partial charge in [-0.15, -0.1) is 0 Å². The highest BCUT2D eigenvalue weighted by molar-refractivity contribution is 7.89. The van der Waals surface area contributed by atoms with Gasteiger partial charge < -0.3 is 5.11 Å². The Morgan fingerprint density at radius 1 is 1.00 bits per heavy atom. The average Bonchev–Trinajstić information content (AvgIpc) is 2.73. The number of para-hydroxylation sites is 1. The zero-order valence-electron chi connectivity index (χ0n) is 15.4. The van der Waals surface area contributed by atoms with Crippen molar-refractivity contribution >= 4 is 21.6 Å². The summed E-state index contributed by atoms with van der Waals surface area (Å²) in [5.74, 6) is -0.476. The smallest absolute Gasteiger partial charge is 0.269 e. The Morgan fingerprint density at radius 2 is 1.71 bits per heavy atom. The van der Waals surface area contributed by atoms with E-state index in [1.54, 1.807) is 24.3 Å². The molecule has 1 amide bonds. The van der Waals surface area contributed by atoms with E-state index in [4.69, 9.17) is 0 Å². The van der Waals surface area contributed by atoms with E-state index in [-0.39, 0.29) is 16.2 Å². The van der Waals surface area contributed by atoms with Crippen LogP contribution in [0.4, 0.5) is 0 Å². The second kappa shape index (κ2) is 8.45. The third-order valence-corrected chi connectivity index (χ3v) is 6.50. The largest absolute Gasteiger partial charge is 0.507 e. The van der Waals surface area contributed by atoms with Gasteiger partial charge in [0.25, 0.3) is 5.91 Å². The molecule has 1 aliphatic rings. The molecule has 7 nitrogen and oxygen atoms in total. The van der Waals surface area contributed by atoms with E-state index in [0.29, 0.717) is 24.4 Å². The molecular formula is C20H23N3O4S. The van der Waals surface area contributed by atoms with Gasteiger partial charge in [0.2, 0.25) is 10.0 Å². The second-order valence-electron chi connectivity index (χ2n) is 6.57. The number of hydrazine groups is 1. The summed E-state index contributed by atoms with van der Waals surface area (Å²) in [6.07, 6.45) is 2.72. The Hall–Kier alpha value is -2.84. The van der Waals surface area contributed by atoms with Gasteiger partial charge in [0, 0.05) is 24.2 Å². The number of rotatable bonds is 6. The SMILES string of the molecule is C=C(NNC(=O)c1cccc(S(=O)(=O)N2CCCCC2)c1)c1ccccc1O. The van der Waals surface area contributed by atoms with Gasteiger partial charge in [0.05, 0.1) is 10.6 Å². The minimum Gasteiger partial charge on any atom is -0.507 e. The zero-order valence-corrected chi connectivity index (χ0v) is 16.2. The molecule has 3 rings (SSSR count). The molecule has 0 unspecified atom stereocenters. The topological polar surface area (TPSA) is 98.7 Å². The Morgan fingerprint density at radius 3 is 2.43 bits per heavy atom. The summed E-state index contributed by atoms with van der Waals surface area (Å²) in [6, 6.07) is 12.5. The number of carbonyl (C=O) groups excluding carboxylic acids is 1. The molecule has 0 spiro atoms. The zero-order chi connectivity index (χ0) is 20.1. The molecule has 0 aliphatic carbocycles.